The molecule has 1 unspecified atom stereocenters. The molecule has 0 aromatic carbocycles. The van der Waals surface area contributed by atoms with Crippen LogP contribution in [0.1, 0.15) is 63.9 Å². The topological polar surface area (TPSA) is 35.6 Å². The Balaban J connectivity index is 2.27. The lowest BCUT2D eigenvalue weighted by Gasteiger charge is -2.30. The molecule has 1 aliphatic carbocycles. The number of aromatic nitrogens is 4. The number of fused-ring (bicyclic) bond motifs is 1. The van der Waals surface area contributed by atoms with Crippen LogP contribution in [0.5, 0.6) is 0 Å². The molecule has 0 bridgehead atoms. The minimum atomic E-state index is -0.0927. The second-order valence-corrected chi connectivity index (χ2v) is 7.50. The highest BCUT2D eigenvalue weighted by Crippen LogP contribution is 2.46. The predicted octanol–water partition coefficient (Wildman–Crippen LogP) is 4.17. The smallest absolute Gasteiger partial charge is 0.159 e. The zero-order chi connectivity index (χ0) is 15.4. The number of hydrogen-bond acceptors (Lipinski definition) is 2. The van der Waals surface area contributed by atoms with Gasteiger partial charge in [0.25, 0.3) is 0 Å². The summed E-state index contributed by atoms with van der Waals surface area (Å²) in [6.45, 7) is 8.80. The Labute approximate surface area is 131 Å². The number of halogens is 1. The van der Waals surface area contributed by atoms with Crippen molar-refractivity contribution < 1.29 is 0 Å². The van der Waals surface area contributed by atoms with Crippen molar-refractivity contribution >= 4 is 22.8 Å². The summed E-state index contributed by atoms with van der Waals surface area (Å²) >= 11 is 6.44. The monoisotopic (exact) mass is 308 g/mol. The van der Waals surface area contributed by atoms with Crippen LogP contribution in [0.2, 0.25) is 0 Å². The zero-order valence-electron chi connectivity index (χ0n) is 13.6. The largest absolute Gasteiger partial charge is 0.306 e. The fourth-order valence-corrected chi connectivity index (χ4v) is 3.56. The van der Waals surface area contributed by atoms with Gasteiger partial charge in [-0.1, -0.05) is 13.3 Å². The molecule has 3 rings (SSSR count). The van der Waals surface area contributed by atoms with Crippen molar-refractivity contribution in [3.63, 3.8) is 0 Å². The van der Waals surface area contributed by atoms with Gasteiger partial charge in [-0.3, -0.25) is 4.68 Å². The molecule has 4 nitrogen and oxygen atoms in total. The third-order valence-electron chi connectivity index (χ3n) is 4.72. The lowest BCUT2D eigenvalue weighted by atomic mass is 9.98. The van der Waals surface area contributed by atoms with E-state index in [0.29, 0.717) is 5.92 Å². The Morgan fingerprint density at radius 3 is 2.57 bits per heavy atom. The second kappa shape index (κ2) is 5.01. The van der Waals surface area contributed by atoms with Gasteiger partial charge in [0.1, 0.15) is 11.3 Å². The van der Waals surface area contributed by atoms with Gasteiger partial charge in [0.05, 0.1) is 11.1 Å². The number of hydrogen-bond donors (Lipinski definition) is 0. The summed E-state index contributed by atoms with van der Waals surface area (Å²) in [5.74, 6) is 1.70. The highest BCUT2D eigenvalue weighted by molar-refractivity contribution is 6.20. The van der Waals surface area contributed by atoms with Crippen LogP contribution in [0.4, 0.5) is 0 Å². The number of alkyl halides is 1. The highest BCUT2D eigenvalue weighted by Gasteiger charge is 2.42. The molecular formula is C16H25ClN4. The van der Waals surface area contributed by atoms with Gasteiger partial charge in [0, 0.05) is 12.6 Å². The fourth-order valence-electron chi connectivity index (χ4n) is 3.41. The van der Waals surface area contributed by atoms with Crippen molar-refractivity contribution in [3.05, 3.63) is 11.5 Å². The van der Waals surface area contributed by atoms with Gasteiger partial charge >= 0.3 is 0 Å². The van der Waals surface area contributed by atoms with Crippen LogP contribution < -0.4 is 0 Å². The Bertz CT molecular complexity index is 661. The van der Waals surface area contributed by atoms with E-state index in [-0.39, 0.29) is 10.9 Å². The molecule has 1 fully saturated rings. The van der Waals surface area contributed by atoms with Crippen LogP contribution >= 0.6 is 11.6 Å². The minimum Gasteiger partial charge on any atom is -0.306 e. The molecule has 1 saturated carbocycles. The van der Waals surface area contributed by atoms with Gasteiger partial charge in [-0.2, -0.15) is 5.10 Å². The molecule has 1 aliphatic rings. The molecule has 0 radical (unpaired) electrons. The Kier molecular flexibility index (Phi) is 3.55. The van der Waals surface area contributed by atoms with E-state index in [1.54, 1.807) is 0 Å². The van der Waals surface area contributed by atoms with Crippen molar-refractivity contribution in [3.8, 4) is 0 Å². The summed E-state index contributed by atoms with van der Waals surface area (Å²) in [6, 6.07) is 0. The average Bonchev–Trinajstić information content (AvgIpc) is 3.11. The number of nitrogens with zero attached hydrogens (tertiary/aromatic N) is 4. The first-order chi connectivity index (χ1) is 9.87. The minimum absolute atomic E-state index is 0.0461. The van der Waals surface area contributed by atoms with Crippen LogP contribution in [0, 0.1) is 5.92 Å². The molecule has 116 valence electrons. The predicted molar refractivity (Wildman–Crippen MR) is 86.8 cm³/mol. The van der Waals surface area contributed by atoms with Gasteiger partial charge in [0.15, 0.2) is 5.65 Å². The summed E-state index contributed by atoms with van der Waals surface area (Å²) in [7, 11) is 2.02. The molecule has 1 atom stereocenters. The third-order valence-corrected chi connectivity index (χ3v) is 4.92. The van der Waals surface area contributed by atoms with Gasteiger partial charge in [-0.15, -0.1) is 11.6 Å². The highest BCUT2D eigenvalue weighted by atomic mass is 35.5. The Hall–Kier alpha value is -1.03. The lowest BCUT2D eigenvalue weighted by molar-refractivity contribution is 0.300. The molecule has 0 amide bonds. The van der Waals surface area contributed by atoms with Crippen molar-refractivity contribution in [2.45, 2.75) is 64.3 Å². The quantitative estimate of drug-likeness (QED) is 0.777. The summed E-state index contributed by atoms with van der Waals surface area (Å²) in [6.07, 6.45) is 4.63. The average molecular weight is 309 g/mol. The standard InChI is InChI=1S/C16H25ClN4/c1-6-7-12-13-15(20(5)19-12)21(14(18-13)10(2)17)16(3,4)11-8-9-11/h10-11H,6-9H2,1-5H3. The maximum atomic E-state index is 6.44. The molecule has 2 aromatic rings. The molecular weight excluding hydrogens is 284 g/mol. The van der Waals surface area contributed by atoms with E-state index in [4.69, 9.17) is 16.6 Å². The number of imidazole rings is 1. The lowest BCUT2D eigenvalue weighted by Crippen LogP contribution is -2.31. The molecule has 2 heterocycles. The van der Waals surface area contributed by atoms with E-state index in [0.717, 1.165) is 35.5 Å². The van der Waals surface area contributed by atoms with E-state index in [9.17, 15) is 0 Å². The molecule has 0 saturated heterocycles. The molecule has 5 heteroatoms. The summed E-state index contributed by atoms with van der Waals surface area (Å²) in [4.78, 5) is 4.88. The first-order valence-electron chi connectivity index (χ1n) is 7.96. The van der Waals surface area contributed by atoms with Crippen LogP contribution in [-0.2, 0) is 19.0 Å². The molecule has 0 aliphatic heterocycles. The van der Waals surface area contributed by atoms with E-state index < -0.39 is 0 Å². The summed E-state index contributed by atoms with van der Waals surface area (Å²) in [5, 5.41) is 4.59. The molecule has 0 spiro atoms. The molecule has 0 N–H and O–H groups in total. The summed E-state index contributed by atoms with van der Waals surface area (Å²) in [5.41, 5.74) is 3.30. The first kappa shape index (κ1) is 14.9. The number of aryl methyl sites for hydroxylation is 2. The fraction of sp³-hybridized carbons (Fsp3) is 0.750. The second-order valence-electron chi connectivity index (χ2n) is 6.84. The van der Waals surface area contributed by atoms with Gasteiger partial charge in [-0.25, -0.2) is 4.98 Å². The van der Waals surface area contributed by atoms with E-state index >= 15 is 0 Å². The third kappa shape index (κ3) is 2.28. The Morgan fingerprint density at radius 1 is 1.38 bits per heavy atom. The van der Waals surface area contributed by atoms with Crippen molar-refractivity contribution in [1.82, 2.24) is 19.3 Å². The SMILES string of the molecule is CCCc1nn(C)c2c1nc(C(C)Cl)n2C(C)(C)C1CC1. The zero-order valence-corrected chi connectivity index (χ0v) is 14.4. The van der Waals surface area contributed by atoms with Gasteiger partial charge in [0.2, 0.25) is 0 Å². The van der Waals surface area contributed by atoms with E-state index in [1.165, 1.54) is 12.8 Å². The van der Waals surface area contributed by atoms with Gasteiger partial charge < -0.3 is 4.57 Å². The van der Waals surface area contributed by atoms with Crippen LogP contribution in [0.3, 0.4) is 0 Å². The van der Waals surface area contributed by atoms with Crippen LogP contribution in [-0.4, -0.2) is 19.3 Å². The van der Waals surface area contributed by atoms with Crippen molar-refractivity contribution in [2.75, 3.05) is 0 Å². The maximum Gasteiger partial charge on any atom is 0.159 e. The number of rotatable bonds is 5. The van der Waals surface area contributed by atoms with Gasteiger partial charge in [-0.05, 0) is 46.0 Å². The van der Waals surface area contributed by atoms with Crippen LogP contribution in [0.15, 0.2) is 0 Å². The van der Waals surface area contributed by atoms with Crippen LogP contribution in [0.25, 0.3) is 11.2 Å². The molecule has 21 heavy (non-hydrogen) atoms. The van der Waals surface area contributed by atoms with E-state index in [1.807, 2.05) is 18.7 Å². The van der Waals surface area contributed by atoms with Crippen molar-refractivity contribution in [1.29, 1.82) is 0 Å². The maximum absolute atomic E-state index is 6.44. The van der Waals surface area contributed by atoms with Crippen molar-refractivity contribution in [2.24, 2.45) is 13.0 Å². The summed E-state index contributed by atoms with van der Waals surface area (Å²) < 4.78 is 4.34. The molecule has 2 aromatic heterocycles. The normalized spacial score (nSPS) is 17.6. The Morgan fingerprint density at radius 2 is 2.05 bits per heavy atom. The first-order valence-corrected chi connectivity index (χ1v) is 8.40. The van der Waals surface area contributed by atoms with E-state index in [2.05, 4.69) is 30.4 Å².